The topological polar surface area (TPSA) is 85.2 Å². The van der Waals surface area contributed by atoms with E-state index in [2.05, 4.69) is 15.7 Å². The van der Waals surface area contributed by atoms with Gasteiger partial charge < -0.3 is 15.4 Å². The fraction of sp³-hybridized carbons (Fsp3) is 0.190. The van der Waals surface area contributed by atoms with Gasteiger partial charge in [-0.1, -0.05) is 41.9 Å². The highest BCUT2D eigenvalue weighted by Crippen LogP contribution is 2.38. The monoisotopic (exact) mass is 410 g/mol. The molecule has 0 saturated heterocycles. The molecule has 0 saturated carbocycles. The molecule has 2 amide bonds. The fourth-order valence-electron chi connectivity index (χ4n) is 3.49. The van der Waals surface area contributed by atoms with E-state index in [0.29, 0.717) is 22.3 Å². The summed E-state index contributed by atoms with van der Waals surface area (Å²) in [5.41, 5.74) is 3.05. The van der Waals surface area contributed by atoms with Crippen LogP contribution in [0.1, 0.15) is 18.2 Å². The van der Waals surface area contributed by atoms with E-state index < -0.39 is 6.04 Å². The molecule has 0 bridgehead atoms. The molecule has 2 heterocycles. The first-order valence-corrected chi connectivity index (χ1v) is 9.44. The SMILES string of the molecule is COc1ccc(Cl)cc1NC(=O)CC1C(=O)Nc2c(-c3ccccc3)c(C)nn21. The molecule has 148 valence electrons. The van der Waals surface area contributed by atoms with Gasteiger partial charge >= 0.3 is 0 Å². The first-order chi connectivity index (χ1) is 14.0. The van der Waals surface area contributed by atoms with Crippen molar-refractivity contribution in [3.63, 3.8) is 0 Å². The Kier molecular flexibility index (Phi) is 4.98. The predicted octanol–water partition coefficient (Wildman–Crippen LogP) is 4.04. The van der Waals surface area contributed by atoms with Crippen molar-refractivity contribution in [1.29, 1.82) is 0 Å². The van der Waals surface area contributed by atoms with Crippen LogP contribution in [0.25, 0.3) is 11.1 Å². The van der Waals surface area contributed by atoms with E-state index >= 15 is 0 Å². The second-order valence-electron chi connectivity index (χ2n) is 6.72. The fourth-order valence-corrected chi connectivity index (χ4v) is 3.66. The first-order valence-electron chi connectivity index (χ1n) is 9.06. The molecular weight excluding hydrogens is 392 g/mol. The van der Waals surface area contributed by atoms with Crippen molar-refractivity contribution in [2.75, 3.05) is 17.7 Å². The summed E-state index contributed by atoms with van der Waals surface area (Å²) >= 11 is 6.01. The number of carbonyl (C=O) groups excluding carboxylic acids is 2. The highest BCUT2D eigenvalue weighted by molar-refractivity contribution is 6.31. The number of nitrogens with one attached hydrogen (secondary N) is 2. The van der Waals surface area contributed by atoms with E-state index in [1.807, 2.05) is 37.3 Å². The maximum absolute atomic E-state index is 12.6. The molecule has 1 aromatic heterocycles. The number of hydrogen-bond donors (Lipinski definition) is 2. The number of benzene rings is 2. The third-order valence-corrected chi connectivity index (χ3v) is 5.04. The van der Waals surface area contributed by atoms with Crippen molar-refractivity contribution < 1.29 is 14.3 Å². The molecule has 2 N–H and O–H groups in total. The number of rotatable bonds is 5. The smallest absolute Gasteiger partial charge is 0.251 e. The van der Waals surface area contributed by atoms with Gasteiger partial charge in [0.05, 0.1) is 24.9 Å². The number of anilines is 2. The van der Waals surface area contributed by atoms with Gasteiger partial charge in [-0.15, -0.1) is 0 Å². The molecule has 1 atom stereocenters. The lowest BCUT2D eigenvalue weighted by Crippen LogP contribution is -2.24. The molecule has 1 aliphatic heterocycles. The number of hydrogen-bond acceptors (Lipinski definition) is 4. The molecule has 0 radical (unpaired) electrons. The van der Waals surface area contributed by atoms with Crippen LogP contribution >= 0.6 is 11.6 Å². The van der Waals surface area contributed by atoms with E-state index in [0.717, 1.165) is 16.8 Å². The molecule has 4 rings (SSSR count). The van der Waals surface area contributed by atoms with Gasteiger partial charge in [-0.3, -0.25) is 9.59 Å². The van der Waals surface area contributed by atoms with Crippen LogP contribution in [0, 0.1) is 6.92 Å². The van der Waals surface area contributed by atoms with Gasteiger partial charge in [0.15, 0.2) is 0 Å². The van der Waals surface area contributed by atoms with Gasteiger partial charge in [-0.05, 0) is 30.7 Å². The molecule has 0 fully saturated rings. The van der Waals surface area contributed by atoms with Crippen molar-refractivity contribution in [3.8, 4) is 16.9 Å². The van der Waals surface area contributed by atoms with Crippen LogP contribution in [0.2, 0.25) is 5.02 Å². The van der Waals surface area contributed by atoms with Gasteiger partial charge in [0.1, 0.15) is 17.6 Å². The Morgan fingerprint density at radius 3 is 2.76 bits per heavy atom. The van der Waals surface area contributed by atoms with Crippen molar-refractivity contribution in [2.45, 2.75) is 19.4 Å². The number of ether oxygens (including phenoxy) is 1. The minimum atomic E-state index is -0.730. The molecule has 0 aliphatic carbocycles. The number of carbonyl (C=O) groups is 2. The molecule has 7 nitrogen and oxygen atoms in total. The Morgan fingerprint density at radius 2 is 2.03 bits per heavy atom. The standard InChI is InChI=1S/C21H19ClN4O3/c1-12-19(13-6-4-3-5-7-13)20-24-21(28)16(26(20)25-12)11-18(27)23-15-10-14(22)8-9-17(15)29-2/h3-10,16H,11H2,1-2H3,(H,23,27)(H,24,28). The molecule has 3 aromatic rings. The van der Waals surface area contributed by atoms with E-state index in [-0.39, 0.29) is 18.2 Å². The molecule has 29 heavy (non-hydrogen) atoms. The van der Waals surface area contributed by atoms with Gasteiger partial charge in [0.25, 0.3) is 5.91 Å². The van der Waals surface area contributed by atoms with Crippen molar-refractivity contribution >= 4 is 34.9 Å². The van der Waals surface area contributed by atoms with Gasteiger partial charge in [0.2, 0.25) is 5.91 Å². The third kappa shape index (κ3) is 3.56. The minimum absolute atomic E-state index is 0.0656. The number of aromatic nitrogens is 2. The number of aryl methyl sites for hydroxylation is 1. The maximum atomic E-state index is 12.6. The third-order valence-electron chi connectivity index (χ3n) is 4.80. The Balaban J connectivity index is 1.58. The lowest BCUT2D eigenvalue weighted by atomic mass is 10.1. The van der Waals surface area contributed by atoms with Crippen LogP contribution in [-0.4, -0.2) is 28.7 Å². The summed E-state index contributed by atoms with van der Waals surface area (Å²) in [4.78, 5) is 25.2. The normalized spacial score (nSPS) is 15.0. The van der Waals surface area contributed by atoms with Crippen LogP contribution in [0.15, 0.2) is 48.5 Å². The number of nitrogens with zero attached hydrogens (tertiary/aromatic N) is 2. The van der Waals surface area contributed by atoms with Crippen LogP contribution in [0.4, 0.5) is 11.5 Å². The zero-order valence-electron chi connectivity index (χ0n) is 15.9. The van der Waals surface area contributed by atoms with Crippen LogP contribution in [0.5, 0.6) is 5.75 Å². The quantitative estimate of drug-likeness (QED) is 0.664. The summed E-state index contributed by atoms with van der Waals surface area (Å²) in [7, 11) is 1.51. The molecule has 1 aliphatic rings. The van der Waals surface area contributed by atoms with Crippen molar-refractivity contribution in [1.82, 2.24) is 9.78 Å². The number of fused-ring (bicyclic) bond motifs is 1. The minimum Gasteiger partial charge on any atom is -0.495 e. The maximum Gasteiger partial charge on any atom is 0.251 e. The lowest BCUT2D eigenvalue weighted by Gasteiger charge is -2.12. The van der Waals surface area contributed by atoms with Crippen LogP contribution in [0.3, 0.4) is 0 Å². The molecule has 0 spiro atoms. The zero-order valence-corrected chi connectivity index (χ0v) is 16.7. The second kappa shape index (κ2) is 7.60. The highest BCUT2D eigenvalue weighted by atomic mass is 35.5. The van der Waals surface area contributed by atoms with Crippen LogP contribution < -0.4 is 15.4 Å². The summed E-state index contributed by atoms with van der Waals surface area (Å²) < 4.78 is 6.84. The molecular formula is C21H19ClN4O3. The largest absolute Gasteiger partial charge is 0.495 e. The average molecular weight is 411 g/mol. The van der Waals surface area contributed by atoms with E-state index in [9.17, 15) is 9.59 Å². The second-order valence-corrected chi connectivity index (χ2v) is 7.16. The summed E-state index contributed by atoms with van der Waals surface area (Å²) in [6, 6.07) is 13.9. The van der Waals surface area contributed by atoms with Gasteiger partial charge in [0, 0.05) is 10.6 Å². The van der Waals surface area contributed by atoms with Crippen molar-refractivity contribution in [2.24, 2.45) is 0 Å². The number of amides is 2. The summed E-state index contributed by atoms with van der Waals surface area (Å²) in [5.74, 6) is 0.489. The molecule has 2 aromatic carbocycles. The zero-order chi connectivity index (χ0) is 20.5. The first kappa shape index (κ1) is 19.0. The predicted molar refractivity (Wildman–Crippen MR) is 111 cm³/mol. The van der Waals surface area contributed by atoms with E-state index in [4.69, 9.17) is 16.3 Å². The Labute approximate surface area is 172 Å². The van der Waals surface area contributed by atoms with Gasteiger partial charge in [-0.2, -0.15) is 5.10 Å². The Hall–Kier alpha value is -3.32. The summed E-state index contributed by atoms with van der Waals surface area (Å²) in [6.07, 6.45) is -0.0656. The number of halogens is 1. The van der Waals surface area contributed by atoms with Crippen LogP contribution in [-0.2, 0) is 9.59 Å². The molecule has 1 unspecified atom stereocenters. The van der Waals surface area contributed by atoms with E-state index in [1.54, 1.807) is 22.9 Å². The molecule has 8 heteroatoms. The van der Waals surface area contributed by atoms with E-state index in [1.165, 1.54) is 7.11 Å². The van der Waals surface area contributed by atoms with Crippen molar-refractivity contribution in [3.05, 3.63) is 59.2 Å². The Bertz CT molecular complexity index is 1090. The summed E-state index contributed by atoms with van der Waals surface area (Å²) in [6.45, 7) is 1.88. The number of methoxy groups -OCH3 is 1. The average Bonchev–Trinajstić information content (AvgIpc) is 3.16. The lowest BCUT2D eigenvalue weighted by molar-refractivity contribution is -0.123. The highest BCUT2D eigenvalue weighted by Gasteiger charge is 2.36. The Morgan fingerprint density at radius 1 is 1.28 bits per heavy atom. The van der Waals surface area contributed by atoms with Gasteiger partial charge in [-0.25, -0.2) is 4.68 Å². The summed E-state index contributed by atoms with van der Waals surface area (Å²) in [5, 5.41) is 10.6.